The number of para-hydroxylation sites is 3. The van der Waals surface area contributed by atoms with Gasteiger partial charge in [-0.05, 0) is 30.7 Å². The van der Waals surface area contributed by atoms with E-state index in [0.717, 1.165) is 11.3 Å². The molecule has 8 nitrogen and oxygen atoms in total. The summed E-state index contributed by atoms with van der Waals surface area (Å²) < 4.78 is 6.97. The van der Waals surface area contributed by atoms with Crippen molar-refractivity contribution in [3.05, 3.63) is 76.2 Å². The summed E-state index contributed by atoms with van der Waals surface area (Å²) in [4.78, 5) is 44.8. The molecule has 0 saturated carbocycles. The molecule has 5 rings (SSSR count). The van der Waals surface area contributed by atoms with Crippen LogP contribution in [0.3, 0.4) is 0 Å². The molecule has 0 bridgehead atoms. The Morgan fingerprint density at radius 2 is 1.81 bits per heavy atom. The molecule has 2 amide bonds. The third kappa shape index (κ3) is 3.07. The van der Waals surface area contributed by atoms with Gasteiger partial charge in [0.15, 0.2) is 5.58 Å². The highest BCUT2D eigenvalue weighted by atomic mass is 16.4. The van der Waals surface area contributed by atoms with Crippen molar-refractivity contribution in [1.82, 2.24) is 14.8 Å². The number of aromatic nitrogens is 3. The lowest BCUT2D eigenvalue weighted by Crippen LogP contribution is -2.31. The van der Waals surface area contributed by atoms with Gasteiger partial charge >= 0.3 is 6.01 Å². The minimum atomic E-state index is -0.844. The topological polar surface area (TPSA) is 101 Å². The molecule has 31 heavy (non-hydrogen) atoms. The van der Waals surface area contributed by atoms with E-state index in [0.29, 0.717) is 34.5 Å². The number of aromatic amines is 1. The van der Waals surface area contributed by atoms with Crippen LogP contribution in [0.5, 0.6) is 0 Å². The lowest BCUT2D eigenvalue weighted by atomic mass is 9.96. The number of imide groups is 1. The van der Waals surface area contributed by atoms with Gasteiger partial charge in [-0.25, -0.2) is 0 Å². The number of nitrogens with one attached hydrogen (secondary N) is 1. The van der Waals surface area contributed by atoms with Gasteiger partial charge in [-0.15, -0.1) is 0 Å². The smallest absolute Gasteiger partial charge is 0.325 e. The highest BCUT2D eigenvalue weighted by Crippen LogP contribution is 2.33. The Kier molecular flexibility index (Phi) is 4.54. The van der Waals surface area contributed by atoms with Crippen molar-refractivity contribution in [2.45, 2.75) is 32.1 Å². The van der Waals surface area contributed by atoms with Crippen molar-refractivity contribution in [2.24, 2.45) is 0 Å². The average Bonchev–Trinajstić information content (AvgIpc) is 3.42. The first-order chi connectivity index (χ1) is 15.1. The van der Waals surface area contributed by atoms with E-state index in [4.69, 9.17) is 4.42 Å². The van der Waals surface area contributed by atoms with E-state index in [9.17, 15) is 14.4 Å². The summed E-state index contributed by atoms with van der Waals surface area (Å²) in [6.45, 7) is 1.98. The number of oxazole rings is 1. The summed E-state index contributed by atoms with van der Waals surface area (Å²) in [7, 11) is 0. The number of nitrogens with zero attached hydrogens (tertiary/aromatic N) is 3. The molecule has 1 aliphatic heterocycles. The quantitative estimate of drug-likeness (QED) is 0.503. The number of hydrogen-bond acceptors (Lipinski definition) is 5. The first-order valence-electron chi connectivity index (χ1n) is 10.2. The van der Waals surface area contributed by atoms with Crippen molar-refractivity contribution >= 4 is 28.6 Å². The van der Waals surface area contributed by atoms with Crippen LogP contribution >= 0.6 is 0 Å². The van der Waals surface area contributed by atoms with Crippen LogP contribution in [0.4, 0.5) is 5.69 Å². The average molecular weight is 416 g/mol. The largest absolute Gasteiger partial charge is 0.422 e. The summed E-state index contributed by atoms with van der Waals surface area (Å²) in [6, 6.07) is 16.1. The van der Waals surface area contributed by atoms with Crippen molar-refractivity contribution in [1.29, 1.82) is 0 Å². The van der Waals surface area contributed by atoms with Crippen LogP contribution < -0.4 is 10.5 Å². The van der Waals surface area contributed by atoms with Gasteiger partial charge in [0.25, 0.3) is 5.56 Å². The number of aryl methyl sites for hydroxylation is 1. The molecule has 1 fully saturated rings. The summed E-state index contributed by atoms with van der Waals surface area (Å²) >= 11 is 0. The van der Waals surface area contributed by atoms with Crippen molar-refractivity contribution in [3.63, 3.8) is 0 Å². The van der Waals surface area contributed by atoms with Gasteiger partial charge in [-0.2, -0.15) is 9.67 Å². The van der Waals surface area contributed by atoms with E-state index < -0.39 is 17.4 Å². The molecule has 156 valence electrons. The predicted octanol–water partition coefficient (Wildman–Crippen LogP) is 3.31. The van der Waals surface area contributed by atoms with Gasteiger partial charge in [-0.1, -0.05) is 43.7 Å². The van der Waals surface area contributed by atoms with Gasteiger partial charge < -0.3 is 4.42 Å². The minimum Gasteiger partial charge on any atom is -0.422 e. The fraction of sp³-hybridized carbons (Fsp3) is 0.217. The molecule has 4 aromatic rings. The number of carbonyl (C=O) groups excluding carboxylic acids is 2. The van der Waals surface area contributed by atoms with E-state index in [-0.39, 0.29) is 18.3 Å². The molecule has 0 aliphatic carbocycles. The van der Waals surface area contributed by atoms with Crippen molar-refractivity contribution in [3.8, 4) is 6.01 Å². The molecule has 0 unspecified atom stereocenters. The van der Waals surface area contributed by atoms with Crippen LogP contribution in [-0.4, -0.2) is 26.6 Å². The molecular formula is C23H20N4O4. The molecular weight excluding hydrogens is 396 g/mol. The molecule has 2 aromatic carbocycles. The van der Waals surface area contributed by atoms with Gasteiger partial charge in [0, 0.05) is 12.1 Å². The van der Waals surface area contributed by atoms with Crippen LogP contribution in [-0.2, 0) is 16.0 Å². The van der Waals surface area contributed by atoms with Crippen molar-refractivity contribution in [2.75, 3.05) is 4.90 Å². The van der Waals surface area contributed by atoms with Gasteiger partial charge in [0.1, 0.15) is 5.52 Å². The molecule has 1 saturated heterocycles. The summed E-state index contributed by atoms with van der Waals surface area (Å²) in [5, 5.41) is 3.06. The lowest BCUT2D eigenvalue weighted by Gasteiger charge is -2.14. The number of H-pyrrole nitrogens is 1. The summed E-state index contributed by atoms with van der Waals surface area (Å²) in [6.07, 6.45) is 1.27. The zero-order valence-corrected chi connectivity index (χ0v) is 16.9. The Morgan fingerprint density at radius 1 is 1.06 bits per heavy atom. The highest BCUT2D eigenvalue weighted by Gasteiger charge is 2.43. The Bertz CT molecular complexity index is 1320. The van der Waals surface area contributed by atoms with Gasteiger partial charge in [-0.3, -0.25) is 24.4 Å². The fourth-order valence-corrected chi connectivity index (χ4v) is 4.09. The first-order valence-corrected chi connectivity index (χ1v) is 10.2. The minimum absolute atomic E-state index is 0.0505. The fourth-order valence-electron chi connectivity index (χ4n) is 4.09. The van der Waals surface area contributed by atoms with E-state index in [1.807, 2.05) is 25.1 Å². The maximum Gasteiger partial charge on any atom is 0.325 e. The third-order valence-electron chi connectivity index (χ3n) is 5.49. The number of fused-ring (bicyclic) bond motifs is 1. The maximum absolute atomic E-state index is 13.4. The molecule has 0 radical (unpaired) electrons. The maximum atomic E-state index is 13.4. The van der Waals surface area contributed by atoms with E-state index >= 15 is 0 Å². The van der Waals surface area contributed by atoms with Crippen LogP contribution in [0, 0.1) is 0 Å². The first kappa shape index (κ1) is 19.0. The lowest BCUT2D eigenvalue weighted by molar-refractivity contribution is -0.121. The second-order valence-corrected chi connectivity index (χ2v) is 7.52. The van der Waals surface area contributed by atoms with Gasteiger partial charge in [0.2, 0.25) is 11.8 Å². The standard InChI is InChI=1S/C23H20N4O4/c1-2-8-17-20(15-13-19(28)26(21(15)29)14-9-4-3-5-10-14)22(30)27(25-17)23-24-16-11-6-7-12-18(16)31-23/h3-7,9-12,15,25H,2,8,13H2,1H3/t15-/m0/s1. The van der Waals surface area contributed by atoms with E-state index in [2.05, 4.69) is 10.1 Å². The SMILES string of the molecule is CCCc1[nH]n(-c2nc3ccccc3o2)c(=O)c1[C@@H]1CC(=O)N(c2ccccc2)C1=O. The second kappa shape index (κ2) is 7.39. The normalized spacial score (nSPS) is 16.5. The number of carbonyl (C=O) groups is 2. The highest BCUT2D eigenvalue weighted by molar-refractivity contribution is 6.22. The van der Waals surface area contributed by atoms with E-state index in [1.165, 1.54) is 4.68 Å². The number of amides is 2. The zero-order valence-electron chi connectivity index (χ0n) is 16.9. The zero-order chi connectivity index (χ0) is 21.5. The number of benzene rings is 2. The number of hydrogen-bond donors (Lipinski definition) is 1. The monoisotopic (exact) mass is 416 g/mol. The molecule has 2 aromatic heterocycles. The van der Waals surface area contributed by atoms with Crippen LogP contribution in [0.15, 0.2) is 63.8 Å². The van der Waals surface area contributed by atoms with E-state index in [1.54, 1.807) is 36.4 Å². The molecule has 3 heterocycles. The summed E-state index contributed by atoms with van der Waals surface area (Å²) in [5.74, 6) is -1.56. The Labute approximate surface area is 177 Å². The third-order valence-corrected chi connectivity index (χ3v) is 5.49. The van der Waals surface area contributed by atoms with Crippen LogP contribution in [0.1, 0.15) is 36.9 Å². The Balaban J connectivity index is 1.60. The molecule has 1 atom stereocenters. The Morgan fingerprint density at radius 3 is 2.55 bits per heavy atom. The van der Waals surface area contributed by atoms with Crippen LogP contribution in [0.25, 0.3) is 17.1 Å². The van der Waals surface area contributed by atoms with Crippen molar-refractivity contribution < 1.29 is 14.0 Å². The molecule has 8 heteroatoms. The number of rotatable bonds is 5. The van der Waals surface area contributed by atoms with Gasteiger partial charge in [0.05, 0.1) is 17.2 Å². The summed E-state index contributed by atoms with van der Waals surface area (Å²) in [5.41, 5.74) is 2.19. The number of anilines is 1. The van der Waals surface area contributed by atoms with Crippen LogP contribution in [0.2, 0.25) is 0 Å². The predicted molar refractivity (Wildman–Crippen MR) is 114 cm³/mol. The molecule has 1 aliphatic rings. The second-order valence-electron chi connectivity index (χ2n) is 7.52. The molecule has 1 N–H and O–H groups in total. The Hall–Kier alpha value is -3.94. The molecule has 0 spiro atoms.